The summed E-state index contributed by atoms with van der Waals surface area (Å²) < 4.78 is 38.6. The maximum Gasteiger partial charge on any atom is 0.250 e. The van der Waals surface area contributed by atoms with E-state index in [9.17, 15) is 13.2 Å². The van der Waals surface area contributed by atoms with E-state index in [1.165, 1.54) is 0 Å². The Morgan fingerprint density at radius 3 is 2.84 bits per heavy atom. The van der Waals surface area contributed by atoms with Crippen molar-refractivity contribution < 1.29 is 22.5 Å². The molecule has 0 atom stereocenters. The highest BCUT2D eigenvalue weighted by molar-refractivity contribution is 7.91. The van der Waals surface area contributed by atoms with Gasteiger partial charge in [0, 0.05) is 17.3 Å². The number of benzene rings is 1. The smallest absolute Gasteiger partial charge is 0.250 e. The number of methoxy groups -OCH3 is 1. The van der Waals surface area contributed by atoms with E-state index in [4.69, 9.17) is 9.26 Å². The summed E-state index contributed by atoms with van der Waals surface area (Å²) in [4.78, 5) is 12.8. The minimum absolute atomic E-state index is 0.0300. The monoisotopic (exact) mass is 473 g/mol. The first-order valence-corrected chi connectivity index (χ1v) is 12.3. The molecule has 32 heavy (non-hydrogen) atoms. The first-order chi connectivity index (χ1) is 15.4. The Labute approximate surface area is 190 Å². The van der Waals surface area contributed by atoms with Gasteiger partial charge < -0.3 is 14.6 Å². The molecular weight excluding hydrogens is 450 g/mol. The number of carbonyl (C=O) groups is 1. The Morgan fingerprint density at radius 2 is 2.09 bits per heavy atom. The lowest BCUT2D eigenvalue weighted by Crippen LogP contribution is -2.22. The van der Waals surface area contributed by atoms with Gasteiger partial charge in [-0.2, -0.15) is 0 Å². The molecular formula is C22H23N3O5S2. The molecule has 1 amide bonds. The summed E-state index contributed by atoms with van der Waals surface area (Å²) in [7, 11) is -2.10. The van der Waals surface area contributed by atoms with Crippen molar-refractivity contribution in [1.29, 1.82) is 0 Å². The van der Waals surface area contributed by atoms with Crippen molar-refractivity contribution in [3.05, 3.63) is 58.3 Å². The number of hydrogen-bond acceptors (Lipinski definition) is 7. The SMILES string of the molecule is COc1cccc(CNS(=O)(=O)c2ccc(/C=C/c3onc(C)c3NC(=O)C3CC3)s2)c1. The van der Waals surface area contributed by atoms with E-state index in [0.717, 1.165) is 34.6 Å². The van der Waals surface area contributed by atoms with Crippen LogP contribution in [0.1, 0.15) is 34.7 Å². The molecule has 0 spiro atoms. The quantitative estimate of drug-likeness (QED) is 0.485. The van der Waals surface area contributed by atoms with Crippen LogP contribution >= 0.6 is 11.3 Å². The molecule has 0 bridgehead atoms. The van der Waals surface area contributed by atoms with Gasteiger partial charge in [0.05, 0.1) is 7.11 Å². The average molecular weight is 474 g/mol. The maximum absolute atomic E-state index is 12.7. The number of aryl methyl sites for hydroxylation is 1. The zero-order valence-corrected chi connectivity index (χ0v) is 19.3. The summed E-state index contributed by atoms with van der Waals surface area (Å²) in [6, 6.07) is 10.5. The fourth-order valence-corrected chi connectivity index (χ4v) is 5.27. The standard InChI is InChI=1S/C22H23N3O5S2/c1-14-21(24-22(26)16-6-7-16)19(30-25-14)10-8-18-9-11-20(31-18)32(27,28)23-13-15-4-3-5-17(12-15)29-2/h3-5,8-12,16,23H,6-7,13H2,1-2H3,(H,24,26)/b10-8+. The Hall–Kier alpha value is -2.95. The molecule has 1 fully saturated rings. The fourth-order valence-electron chi connectivity index (χ4n) is 2.98. The number of thiophene rings is 1. The van der Waals surface area contributed by atoms with Gasteiger partial charge in [-0.25, -0.2) is 13.1 Å². The van der Waals surface area contributed by atoms with Gasteiger partial charge in [-0.05, 0) is 61.7 Å². The van der Waals surface area contributed by atoms with Gasteiger partial charge in [-0.1, -0.05) is 17.3 Å². The second-order valence-electron chi connectivity index (χ2n) is 7.44. The van der Waals surface area contributed by atoms with Gasteiger partial charge in [0.15, 0.2) is 5.76 Å². The van der Waals surface area contributed by atoms with Crippen LogP contribution in [0.5, 0.6) is 5.75 Å². The van der Waals surface area contributed by atoms with Crippen LogP contribution in [0.3, 0.4) is 0 Å². The molecule has 0 radical (unpaired) electrons. The van der Waals surface area contributed by atoms with E-state index in [2.05, 4.69) is 15.2 Å². The summed E-state index contributed by atoms with van der Waals surface area (Å²) in [5.41, 5.74) is 1.93. The lowest BCUT2D eigenvalue weighted by molar-refractivity contribution is -0.117. The predicted octanol–water partition coefficient (Wildman–Crippen LogP) is 4.05. The third kappa shape index (κ3) is 5.26. The van der Waals surface area contributed by atoms with Gasteiger partial charge in [0.25, 0.3) is 0 Å². The number of ether oxygens (including phenoxy) is 1. The summed E-state index contributed by atoms with van der Waals surface area (Å²) in [6.45, 7) is 1.91. The topological polar surface area (TPSA) is 111 Å². The van der Waals surface area contributed by atoms with Crippen LogP contribution in [0, 0.1) is 12.8 Å². The molecule has 2 heterocycles. The maximum atomic E-state index is 12.7. The molecule has 1 aliphatic carbocycles. The van der Waals surface area contributed by atoms with E-state index in [1.807, 2.05) is 12.1 Å². The number of aromatic nitrogens is 1. The lowest BCUT2D eigenvalue weighted by Gasteiger charge is -2.06. The van der Waals surface area contributed by atoms with Gasteiger partial charge in [-0.15, -0.1) is 11.3 Å². The molecule has 0 unspecified atom stereocenters. The highest BCUT2D eigenvalue weighted by Crippen LogP contribution is 2.32. The van der Waals surface area contributed by atoms with E-state index in [1.54, 1.807) is 50.5 Å². The van der Waals surface area contributed by atoms with Crippen LogP contribution in [0.15, 0.2) is 45.1 Å². The Morgan fingerprint density at radius 1 is 1.28 bits per heavy atom. The first kappa shape index (κ1) is 22.3. The average Bonchev–Trinajstić information content (AvgIpc) is 3.44. The number of rotatable bonds is 9. The Kier molecular flexibility index (Phi) is 6.45. The highest BCUT2D eigenvalue weighted by atomic mass is 32.2. The van der Waals surface area contributed by atoms with Crippen LogP contribution in [0.4, 0.5) is 5.69 Å². The zero-order valence-electron chi connectivity index (χ0n) is 17.6. The van der Waals surface area contributed by atoms with Gasteiger partial charge >= 0.3 is 0 Å². The molecule has 3 aromatic rings. The Balaban J connectivity index is 1.43. The predicted molar refractivity (Wildman–Crippen MR) is 123 cm³/mol. The number of anilines is 1. The number of hydrogen-bond donors (Lipinski definition) is 2. The molecule has 10 heteroatoms. The second-order valence-corrected chi connectivity index (χ2v) is 10.5. The van der Waals surface area contributed by atoms with Crippen molar-refractivity contribution in [2.24, 2.45) is 5.92 Å². The number of amides is 1. The van der Waals surface area contributed by atoms with E-state index < -0.39 is 10.0 Å². The normalized spacial score (nSPS) is 14.1. The molecule has 168 valence electrons. The highest BCUT2D eigenvalue weighted by Gasteiger charge is 2.30. The number of carbonyl (C=O) groups excluding carboxylic acids is 1. The lowest BCUT2D eigenvalue weighted by atomic mass is 10.2. The van der Waals surface area contributed by atoms with E-state index >= 15 is 0 Å². The van der Waals surface area contributed by atoms with Gasteiger partial charge in [-0.3, -0.25) is 4.79 Å². The fraction of sp³-hybridized carbons (Fsp3) is 0.273. The summed E-state index contributed by atoms with van der Waals surface area (Å²) in [6.07, 6.45) is 5.21. The van der Waals surface area contributed by atoms with Crippen molar-refractivity contribution in [3.8, 4) is 5.75 Å². The third-order valence-corrected chi connectivity index (χ3v) is 7.90. The van der Waals surface area contributed by atoms with E-state index in [0.29, 0.717) is 22.9 Å². The zero-order chi connectivity index (χ0) is 22.7. The molecule has 2 N–H and O–H groups in total. The second kappa shape index (κ2) is 9.27. The minimum Gasteiger partial charge on any atom is -0.497 e. The summed E-state index contributed by atoms with van der Waals surface area (Å²) in [5.74, 6) is 1.12. The van der Waals surface area contributed by atoms with Crippen molar-refractivity contribution in [2.75, 3.05) is 12.4 Å². The van der Waals surface area contributed by atoms with Crippen LogP contribution in [-0.4, -0.2) is 26.6 Å². The molecule has 2 aromatic heterocycles. The van der Waals surface area contributed by atoms with Crippen LogP contribution in [-0.2, 0) is 21.4 Å². The van der Waals surface area contributed by atoms with Crippen LogP contribution in [0.25, 0.3) is 12.2 Å². The summed E-state index contributed by atoms with van der Waals surface area (Å²) >= 11 is 1.13. The number of nitrogens with one attached hydrogen (secondary N) is 2. The first-order valence-electron chi connectivity index (χ1n) is 10.0. The van der Waals surface area contributed by atoms with Crippen LogP contribution in [0.2, 0.25) is 0 Å². The van der Waals surface area contributed by atoms with Crippen molar-refractivity contribution in [1.82, 2.24) is 9.88 Å². The number of nitrogens with zero attached hydrogens (tertiary/aromatic N) is 1. The molecule has 1 aliphatic rings. The van der Waals surface area contributed by atoms with Gasteiger partial charge in [0.1, 0.15) is 21.3 Å². The molecule has 1 aromatic carbocycles. The third-order valence-electron chi connectivity index (χ3n) is 4.95. The minimum atomic E-state index is -3.66. The Bertz CT molecular complexity index is 1260. The van der Waals surface area contributed by atoms with Crippen molar-refractivity contribution in [2.45, 2.75) is 30.5 Å². The molecule has 1 saturated carbocycles. The van der Waals surface area contributed by atoms with E-state index in [-0.39, 0.29) is 22.6 Å². The van der Waals surface area contributed by atoms with Crippen LogP contribution < -0.4 is 14.8 Å². The van der Waals surface area contributed by atoms with Gasteiger partial charge in [0.2, 0.25) is 15.9 Å². The van der Waals surface area contributed by atoms with Crippen molar-refractivity contribution in [3.63, 3.8) is 0 Å². The molecule has 4 rings (SSSR count). The summed E-state index contributed by atoms with van der Waals surface area (Å²) in [5, 5.41) is 6.79. The largest absolute Gasteiger partial charge is 0.497 e. The molecule has 8 nitrogen and oxygen atoms in total. The molecule has 0 aliphatic heterocycles. The van der Waals surface area contributed by atoms with Crippen molar-refractivity contribution >= 4 is 45.1 Å². The number of sulfonamides is 1. The molecule has 0 saturated heterocycles.